The molecule has 0 saturated carbocycles. The molecule has 0 fully saturated rings. The summed E-state index contributed by atoms with van der Waals surface area (Å²) in [5.74, 6) is 1.21. The van der Waals surface area contributed by atoms with Crippen LogP contribution in [-0.2, 0) is 6.42 Å². The number of rotatable bonds is 2. The maximum atomic E-state index is 9.75. The van der Waals surface area contributed by atoms with Crippen LogP contribution in [0.15, 0.2) is 47.2 Å². The maximum absolute atomic E-state index is 9.75. The smallest absolute Gasteiger partial charge is 0.261 e. The number of aromatic nitrogens is 3. The van der Waals surface area contributed by atoms with E-state index in [1.807, 2.05) is 12.1 Å². The van der Waals surface area contributed by atoms with Gasteiger partial charge in [0, 0.05) is 6.20 Å². The normalized spacial score (nSPS) is 16.5. The van der Waals surface area contributed by atoms with Gasteiger partial charge in [-0.2, -0.15) is 4.98 Å². The summed E-state index contributed by atoms with van der Waals surface area (Å²) >= 11 is 0. The summed E-state index contributed by atoms with van der Waals surface area (Å²) in [6, 6.07) is 9.90. The van der Waals surface area contributed by atoms with Crippen LogP contribution >= 0.6 is 0 Å². The van der Waals surface area contributed by atoms with Crippen LogP contribution in [0.4, 0.5) is 0 Å². The molecule has 1 N–H and O–H groups in total. The SMILES string of the molecule is Oc1cnccc1-c1nc(C2Cc3ccccc32)no1. The van der Waals surface area contributed by atoms with Gasteiger partial charge in [0.25, 0.3) is 5.89 Å². The van der Waals surface area contributed by atoms with Crippen molar-refractivity contribution in [1.29, 1.82) is 0 Å². The Morgan fingerprint density at radius 3 is 2.95 bits per heavy atom. The van der Waals surface area contributed by atoms with Gasteiger partial charge in [0.2, 0.25) is 0 Å². The van der Waals surface area contributed by atoms with E-state index in [-0.39, 0.29) is 11.7 Å². The van der Waals surface area contributed by atoms with E-state index in [4.69, 9.17) is 4.52 Å². The molecule has 0 spiro atoms. The fourth-order valence-corrected chi connectivity index (χ4v) is 2.54. The standard InChI is InChI=1S/C15H11N3O2/c19-13-8-16-6-5-11(13)15-17-14(18-20-15)12-7-9-3-1-2-4-10(9)12/h1-6,8,12,19H,7H2. The highest BCUT2D eigenvalue weighted by atomic mass is 16.5. The lowest BCUT2D eigenvalue weighted by Crippen LogP contribution is -2.19. The molecule has 1 aliphatic rings. The molecule has 4 rings (SSSR count). The number of fused-ring (bicyclic) bond motifs is 1. The molecule has 0 radical (unpaired) electrons. The van der Waals surface area contributed by atoms with Crippen molar-refractivity contribution < 1.29 is 9.63 Å². The Morgan fingerprint density at radius 2 is 2.10 bits per heavy atom. The summed E-state index contributed by atoms with van der Waals surface area (Å²) in [5, 5.41) is 13.8. The Bertz CT molecular complexity index is 782. The Hall–Kier alpha value is -2.69. The first kappa shape index (κ1) is 11.2. The monoisotopic (exact) mass is 265 g/mol. The molecule has 2 heterocycles. The minimum absolute atomic E-state index is 0.0386. The first-order valence-corrected chi connectivity index (χ1v) is 6.37. The minimum Gasteiger partial charge on any atom is -0.505 e. The van der Waals surface area contributed by atoms with Crippen LogP contribution in [0, 0.1) is 0 Å². The lowest BCUT2D eigenvalue weighted by Gasteiger charge is -2.27. The Balaban J connectivity index is 1.69. The van der Waals surface area contributed by atoms with Crippen LogP contribution in [0.3, 0.4) is 0 Å². The quantitative estimate of drug-likeness (QED) is 0.770. The molecular formula is C15H11N3O2. The molecule has 0 saturated heterocycles. The van der Waals surface area contributed by atoms with E-state index in [0.29, 0.717) is 17.3 Å². The number of hydrogen-bond acceptors (Lipinski definition) is 5. The minimum atomic E-state index is 0.0386. The number of hydrogen-bond donors (Lipinski definition) is 1. The van der Waals surface area contributed by atoms with Crippen molar-refractivity contribution in [1.82, 2.24) is 15.1 Å². The molecular weight excluding hydrogens is 254 g/mol. The van der Waals surface area contributed by atoms with Crippen molar-refractivity contribution in [2.24, 2.45) is 0 Å². The molecule has 0 aliphatic heterocycles. The third-order valence-electron chi connectivity index (χ3n) is 3.64. The van der Waals surface area contributed by atoms with Crippen LogP contribution in [-0.4, -0.2) is 20.2 Å². The van der Waals surface area contributed by atoms with Gasteiger partial charge in [-0.05, 0) is 23.6 Å². The highest BCUT2D eigenvalue weighted by Gasteiger charge is 2.31. The molecule has 5 nitrogen and oxygen atoms in total. The predicted molar refractivity (Wildman–Crippen MR) is 71.2 cm³/mol. The Labute approximate surface area is 114 Å². The van der Waals surface area contributed by atoms with Gasteiger partial charge in [-0.3, -0.25) is 4.98 Å². The van der Waals surface area contributed by atoms with Gasteiger partial charge in [-0.25, -0.2) is 0 Å². The van der Waals surface area contributed by atoms with E-state index in [9.17, 15) is 5.11 Å². The number of aromatic hydroxyl groups is 1. The molecule has 98 valence electrons. The largest absolute Gasteiger partial charge is 0.505 e. The second-order valence-corrected chi connectivity index (χ2v) is 4.81. The lowest BCUT2D eigenvalue weighted by molar-refractivity contribution is 0.411. The third-order valence-corrected chi connectivity index (χ3v) is 3.64. The summed E-state index contributed by atoms with van der Waals surface area (Å²) < 4.78 is 5.25. The van der Waals surface area contributed by atoms with E-state index in [2.05, 4.69) is 27.3 Å². The Kier molecular flexibility index (Phi) is 2.32. The zero-order valence-electron chi connectivity index (χ0n) is 10.5. The summed E-state index contributed by atoms with van der Waals surface area (Å²) in [7, 11) is 0. The zero-order valence-corrected chi connectivity index (χ0v) is 10.5. The Morgan fingerprint density at radius 1 is 1.20 bits per heavy atom. The van der Waals surface area contributed by atoms with Crippen LogP contribution in [0.25, 0.3) is 11.5 Å². The third kappa shape index (κ3) is 1.60. The van der Waals surface area contributed by atoms with Crippen molar-refractivity contribution in [2.75, 3.05) is 0 Å². The van der Waals surface area contributed by atoms with Crippen molar-refractivity contribution in [3.05, 3.63) is 59.7 Å². The second-order valence-electron chi connectivity index (χ2n) is 4.81. The molecule has 0 bridgehead atoms. The van der Waals surface area contributed by atoms with Gasteiger partial charge < -0.3 is 9.63 Å². The summed E-state index contributed by atoms with van der Waals surface area (Å²) in [5.41, 5.74) is 3.08. The van der Waals surface area contributed by atoms with E-state index in [0.717, 1.165) is 6.42 Å². The molecule has 20 heavy (non-hydrogen) atoms. The molecule has 3 aromatic rings. The van der Waals surface area contributed by atoms with Gasteiger partial charge in [0.1, 0.15) is 5.75 Å². The molecule has 1 aromatic carbocycles. The highest BCUT2D eigenvalue weighted by molar-refractivity contribution is 5.60. The molecule has 0 amide bonds. The predicted octanol–water partition coefficient (Wildman–Crippen LogP) is 2.53. The van der Waals surface area contributed by atoms with Crippen LogP contribution < -0.4 is 0 Å². The first-order valence-electron chi connectivity index (χ1n) is 6.37. The lowest BCUT2D eigenvalue weighted by atomic mass is 9.77. The van der Waals surface area contributed by atoms with Gasteiger partial charge in [-0.1, -0.05) is 29.4 Å². The number of nitrogens with zero attached hydrogens (tertiary/aromatic N) is 3. The van der Waals surface area contributed by atoms with Gasteiger partial charge in [-0.15, -0.1) is 0 Å². The maximum Gasteiger partial charge on any atom is 0.261 e. The van der Waals surface area contributed by atoms with E-state index in [1.165, 1.54) is 17.3 Å². The fraction of sp³-hybridized carbons (Fsp3) is 0.133. The van der Waals surface area contributed by atoms with E-state index >= 15 is 0 Å². The van der Waals surface area contributed by atoms with Crippen molar-refractivity contribution in [2.45, 2.75) is 12.3 Å². The molecule has 1 atom stereocenters. The van der Waals surface area contributed by atoms with Gasteiger partial charge in [0.15, 0.2) is 5.82 Å². The summed E-state index contributed by atoms with van der Waals surface area (Å²) in [6.07, 6.45) is 3.87. The van der Waals surface area contributed by atoms with Crippen LogP contribution in [0.5, 0.6) is 5.75 Å². The number of benzene rings is 1. The average Bonchev–Trinajstić information content (AvgIpc) is 2.90. The molecule has 1 unspecified atom stereocenters. The van der Waals surface area contributed by atoms with Gasteiger partial charge >= 0.3 is 0 Å². The van der Waals surface area contributed by atoms with Gasteiger partial charge in [0.05, 0.1) is 17.7 Å². The molecule has 5 heteroatoms. The zero-order chi connectivity index (χ0) is 13.5. The van der Waals surface area contributed by atoms with Crippen LogP contribution in [0.2, 0.25) is 0 Å². The van der Waals surface area contributed by atoms with Crippen molar-refractivity contribution in [3.8, 4) is 17.2 Å². The van der Waals surface area contributed by atoms with Crippen molar-refractivity contribution >= 4 is 0 Å². The topological polar surface area (TPSA) is 72.0 Å². The van der Waals surface area contributed by atoms with E-state index < -0.39 is 0 Å². The molecule has 2 aromatic heterocycles. The second kappa shape index (κ2) is 4.16. The molecule has 1 aliphatic carbocycles. The fourth-order valence-electron chi connectivity index (χ4n) is 2.54. The summed E-state index contributed by atoms with van der Waals surface area (Å²) in [4.78, 5) is 8.23. The van der Waals surface area contributed by atoms with E-state index in [1.54, 1.807) is 12.3 Å². The van der Waals surface area contributed by atoms with Crippen molar-refractivity contribution in [3.63, 3.8) is 0 Å². The first-order chi connectivity index (χ1) is 9.83. The van der Waals surface area contributed by atoms with Crippen LogP contribution in [0.1, 0.15) is 22.9 Å². The summed E-state index contributed by atoms with van der Waals surface area (Å²) in [6.45, 7) is 0. The average molecular weight is 265 g/mol. The number of pyridine rings is 1. The highest BCUT2D eigenvalue weighted by Crippen LogP contribution is 2.39.